The van der Waals surface area contributed by atoms with Crippen LogP contribution in [0.5, 0.6) is 0 Å². The predicted molar refractivity (Wildman–Crippen MR) is 113 cm³/mol. The second-order valence-electron chi connectivity index (χ2n) is 8.28. The molecule has 0 aromatic carbocycles. The Labute approximate surface area is 183 Å². The summed E-state index contributed by atoms with van der Waals surface area (Å²) in [6.07, 6.45) is -2.26. The first-order valence-corrected chi connectivity index (χ1v) is 10.5. The topological polar surface area (TPSA) is 94.1 Å². The average molecular weight is 449 g/mol. The molecule has 1 saturated heterocycles. The van der Waals surface area contributed by atoms with Crippen molar-refractivity contribution in [2.45, 2.75) is 46.0 Å². The molecule has 1 fully saturated rings. The maximum absolute atomic E-state index is 13.2. The van der Waals surface area contributed by atoms with E-state index in [1.165, 1.54) is 0 Å². The predicted octanol–water partition coefficient (Wildman–Crippen LogP) is 2.55. The molecule has 32 heavy (non-hydrogen) atoms. The highest BCUT2D eigenvalue weighted by atomic mass is 19.4. The van der Waals surface area contributed by atoms with E-state index >= 15 is 0 Å². The van der Waals surface area contributed by atoms with E-state index in [2.05, 4.69) is 21.0 Å². The number of pyridine rings is 1. The molecule has 0 spiro atoms. The number of rotatable bonds is 2. The summed E-state index contributed by atoms with van der Waals surface area (Å²) in [5, 5.41) is 19.6. The number of alkyl halides is 3. The van der Waals surface area contributed by atoms with E-state index in [0.717, 1.165) is 30.0 Å². The highest BCUT2D eigenvalue weighted by Gasteiger charge is 2.38. The van der Waals surface area contributed by atoms with E-state index in [4.69, 9.17) is 15.6 Å². The molecule has 4 heterocycles. The second kappa shape index (κ2) is 8.19. The summed E-state index contributed by atoms with van der Waals surface area (Å²) in [6.45, 7) is 8.54. The summed E-state index contributed by atoms with van der Waals surface area (Å²) in [5.41, 5.74) is 3.53. The van der Waals surface area contributed by atoms with Crippen LogP contribution >= 0.6 is 0 Å². The summed E-state index contributed by atoms with van der Waals surface area (Å²) in [7, 11) is 0. The first kappa shape index (κ1) is 22.3. The first-order valence-electron chi connectivity index (χ1n) is 10.5. The van der Waals surface area contributed by atoms with Crippen molar-refractivity contribution >= 4 is 17.3 Å². The highest BCUT2D eigenvalue weighted by molar-refractivity contribution is 5.86. The van der Waals surface area contributed by atoms with Gasteiger partial charge in [-0.1, -0.05) is 0 Å². The minimum atomic E-state index is -4.89. The van der Waals surface area contributed by atoms with Crippen molar-refractivity contribution in [1.29, 1.82) is 10.8 Å². The van der Waals surface area contributed by atoms with Crippen LogP contribution in [0.1, 0.15) is 29.3 Å². The van der Waals surface area contributed by atoms with Gasteiger partial charge in [-0.3, -0.25) is 15.8 Å². The number of halogens is 3. The lowest BCUT2D eigenvalue weighted by Gasteiger charge is -2.35. The van der Waals surface area contributed by atoms with Gasteiger partial charge in [-0.05, 0) is 38.0 Å². The van der Waals surface area contributed by atoms with Gasteiger partial charge < -0.3 is 14.5 Å². The van der Waals surface area contributed by atoms with E-state index < -0.39 is 17.5 Å². The average Bonchev–Trinajstić information content (AvgIpc) is 2.76. The lowest BCUT2D eigenvalue weighted by molar-refractivity contribution is -0.0632. The Kier molecular flexibility index (Phi) is 5.70. The zero-order chi connectivity index (χ0) is 23.2. The molecule has 1 atom stereocenters. The Morgan fingerprint density at radius 2 is 1.94 bits per heavy atom. The van der Waals surface area contributed by atoms with Crippen molar-refractivity contribution in [3.8, 4) is 0 Å². The summed E-state index contributed by atoms with van der Waals surface area (Å²) in [6, 6.07) is 2.08. The van der Waals surface area contributed by atoms with Crippen LogP contribution in [0.3, 0.4) is 0 Å². The quantitative estimate of drug-likeness (QED) is 0.543. The number of nitrogens with one attached hydrogen (secondary N) is 2. The normalized spacial score (nSPS) is 19.1. The molecule has 2 aromatic rings. The molecule has 8 nitrogen and oxygen atoms in total. The van der Waals surface area contributed by atoms with Gasteiger partial charge in [0.25, 0.3) is 0 Å². The molecule has 0 saturated carbocycles. The molecule has 0 radical (unpaired) electrons. The maximum atomic E-state index is 13.2. The van der Waals surface area contributed by atoms with Gasteiger partial charge in [-0.2, -0.15) is 17.9 Å². The van der Waals surface area contributed by atoms with Gasteiger partial charge >= 0.3 is 6.18 Å². The lowest BCUT2D eigenvalue weighted by Crippen LogP contribution is -2.42. The maximum Gasteiger partial charge on any atom is 0.451 e. The number of hydrogen-bond acceptors (Lipinski definition) is 7. The van der Waals surface area contributed by atoms with Gasteiger partial charge in [0, 0.05) is 43.9 Å². The third-order valence-electron chi connectivity index (χ3n) is 6.07. The van der Waals surface area contributed by atoms with Crippen LogP contribution in [0.25, 0.3) is 0 Å². The van der Waals surface area contributed by atoms with Crippen LogP contribution in [0, 0.1) is 24.7 Å². The molecule has 172 valence electrons. The summed E-state index contributed by atoms with van der Waals surface area (Å²) in [5.74, 6) is -1.32. The molecule has 2 N–H and O–H groups in total. The van der Waals surface area contributed by atoms with Crippen LogP contribution in [0.15, 0.2) is 12.3 Å². The number of nitrogens with zero attached hydrogens (tertiary/aromatic N) is 5. The van der Waals surface area contributed by atoms with Crippen LogP contribution in [-0.2, 0) is 17.7 Å². The second-order valence-corrected chi connectivity index (χ2v) is 8.28. The first-order chi connectivity index (χ1) is 15.1. The van der Waals surface area contributed by atoms with Crippen LogP contribution < -0.4 is 15.3 Å². The molecule has 2 aliphatic heterocycles. The number of morpholine rings is 1. The molecule has 2 aliphatic rings. The van der Waals surface area contributed by atoms with Crippen molar-refractivity contribution in [3.05, 3.63) is 40.1 Å². The smallest absolute Gasteiger partial charge is 0.375 e. The molecule has 0 amide bonds. The van der Waals surface area contributed by atoms with Gasteiger partial charge in [0.2, 0.25) is 5.84 Å². The fourth-order valence-electron chi connectivity index (χ4n) is 4.13. The van der Waals surface area contributed by atoms with E-state index in [0.29, 0.717) is 47.7 Å². The number of anilines is 2. The van der Waals surface area contributed by atoms with Crippen LogP contribution in [-0.4, -0.2) is 59.1 Å². The van der Waals surface area contributed by atoms with Crippen LogP contribution in [0.2, 0.25) is 0 Å². The summed E-state index contributed by atoms with van der Waals surface area (Å²) < 4.78 is 45.5. The van der Waals surface area contributed by atoms with E-state index in [9.17, 15) is 13.2 Å². The fraction of sp³-hybridized carbons (Fsp3) is 0.524. The Morgan fingerprint density at radius 1 is 1.19 bits per heavy atom. The SMILES string of the molecule is Cc1c(N2CCc3ncc(N4CCO[C@H](C)C4)cc3C2)nn(C(=N)C(F)(F)F)c(=N)c1C. The molecular formula is C21H26F3N7O. The van der Waals surface area contributed by atoms with Gasteiger partial charge in [0.1, 0.15) is 0 Å². The molecule has 0 aliphatic carbocycles. The molecule has 2 aromatic heterocycles. The number of ether oxygens (including phenoxy) is 1. The molecule has 0 unspecified atom stereocenters. The number of fused-ring (bicyclic) bond motifs is 1. The standard InChI is InChI=1S/C21H26F3N7O/c1-12-10-29(6-7-32-12)16-8-15-11-30(5-4-17(15)27-9-16)19-14(3)13(2)18(25)31(28-19)20(26)21(22,23)24/h8-9,12,25-26H,4-7,10-11H2,1-3H3/t12-/m1/s1. The van der Waals surface area contributed by atoms with Crippen molar-refractivity contribution in [2.24, 2.45) is 0 Å². The Bertz CT molecular complexity index is 1110. The van der Waals surface area contributed by atoms with Crippen molar-refractivity contribution < 1.29 is 17.9 Å². The van der Waals surface area contributed by atoms with Crippen molar-refractivity contribution in [1.82, 2.24) is 14.8 Å². The fourth-order valence-corrected chi connectivity index (χ4v) is 4.13. The molecule has 4 rings (SSSR count). The largest absolute Gasteiger partial charge is 0.451 e. The minimum absolute atomic E-state index is 0.133. The third-order valence-corrected chi connectivity index (χ3v) is 6.07. The van der Waals surface area contributed by atoms with Gasteiger partial charge in [-0.25, -0.2) is 0 Å². The Morgan fingerprint density at radius 3 is 2.62 bits per heavy atom. The van der Waals surface area contributed by atoms with E-state index in [1.807, 2.05) is 18.0 Å². The highest BCUT2D eigenvalue weighted by Crippen LogP contribution is 2.28. The van der Waals surface area contributed by atoms with Crippen molar-refractivity contribution in [3.63, 3.8) is 0 Å². The third kappa shape index (κ3) is 4.08. The monoisotopic (exact) mass is 449 g/mol. The summed E-state index contributed by atoms with van der Waals surface area (Å²) >= 11 is 0. The Hall–Kier alpha value is -2.95. The minimum Gasteiger partial charge on any atom is -0.375 e. The molecular weight excluding hydrogens is 423 g/mol. The van der Waals surface area contributed by atoms with E-state index in [-0.39, 0.29) is 6.10 Å². The lowest BCUT2D eigenvalue weighted by atomic mass is 10.0. The van der Waals surface area contributed by atoms with Gasteiger partial charge in [0.15, 0.2) is 11.3 Å². The van der Waals surface area contributed by atoms with Gasteiger partial charge in [0.05, 0.1) is 24.6 Å². The summed E-state index contributed by atoms with van der Waals surface area (Å²) in [4.78, 5) is 8.76. The number of aromatic nitrogens is 3. The molecule has 0 bridgehead atoms. The van der Waals surface area contributed by atoms with Crippen LogP contribution in [0.4, 0.5) is 24.7 Å². The molecule has 11 heteroatoms. The van der Waals surface area contributed by atoms with Crippen molar-refractivity contribution in [2.75, 3.05) is 36.0 Å². The number of hydrogen-bond donors (Lipinski definition) is 2. The van der Waals surface area contributed by atoms with E-state index in [1.54, 1.807) is 13.8 Å². The zero-order valence-electron chi connectivity index (χ0n) is 18.3. The van der Waals surface area contributed by atoms with Gasteiger partial charge in [-0.15, -0.1) is 5.10 Å². The Balaban J connectivity index is 1.67. The zero-order valence-corrected chi connectivity index (χ0v) is 18.3.